The topological polar surface area (TPSA) is 3.24 Å². The van der Waals surface area contributed by atoms with E-state index in [1.165, 1.54) is 5.69 Å². The van der Waals surface area contributed by atoms with E-state index in [1.807, 2.05) is 42.5 Å². The largest absolute Gasteiger partial charge is 0.217 e. The molecule has 2 nitrogen and oxygen atoms in total. The number of hydrogen-bond donors (Lipinski definition) is 0. The number of benzene rings is 2. The van der Waals surface area contributed by atoms with Gasteiger partial charge in [0.1, 0.15) is 0 Å². The van der Waals surface area contributed by atoms with Gasteiger partial charge >= 0.3 is 0 Å². The van der Waals surface area contributed by atoms with Crippen molar-refractivity contribution >= 4 is 5.69 Å². The Morgan fingerprint density at radius 1 is 0.667 bits per heavy atom. The van der Waals surface area contributed by atoms with Crippen LogP contribution in [0.2, 0.25) is 0 Å². The minimum Gasteiger partial charge on any atom is -0.217 e. The average molecular weight is 243 g/mol. The first-order chi connectivity index (χ1) is 8.55. The van der Waals surface area contributed by atoms with Crippen LogP contribution in [0.25, 0.3) is 0 Å². The highest BCUT2D eigenvalue weighted by Crippen LogP contribution is 2.18. The van der Waals surface area contributed by atoms with Crippen LogP contribution in [0, 0.1) is 0 Å². The molecule has 0 aromatic heterocycles. The van der Waals surface area contributed by atoms with Crippen molar-refractivity contribution in [3.8, 4) is 0 Å². The van der Waals surface area contributed by atoms with Gasteiger partial charge in [0.2, 0.25) is 0 Å². The third kappa shape index (κ3) is 4.32. The van der Waals surface area contributed by atoms with Crippen molar-refractivity contribution in [1.82, 2.24) is 9.60 Å². The van der Waals surface area contributed by atoms with Gasteiger partial charge < -0.3 is 0 Å². The molecule has 0 aliphatic heterocycles. The fourth-order valence-electron chi connectivity index (χ4n) is 1.41. The molecule has 96 valence electrons. The van der Waals surface area contributed by atoms with Gasteiger partial charge in [0.25, 0.3) is 0 Å². The summed E-state index contributed by atoms with van der Waals surface area (Å²) in [6.07, 6.45) is 0. The average Bonchev–Trinajstić information content (AvgIpc) is 2.42. The highest BCUT2D eigenvalue weighted by atomic mass is 15.7. The van der Waals surface area contributed by atoms with Gasteiger partial charge in [0, 0.05) is 26.2 Å². The predicted molar refractivity (Wildman–Crippen MR) is 80.2 cm³/mol. The molecule has 0 fully saturated rings. The van der Waals surface area contributed by atoms with Crippen molar-refractivity contribution in [2.45, 2.75) is 0 Å². The first-order valence-electron chi connectivity index (χ1n) is 6.12. The molecule has 18 heavy (non-hydrogen) atoms. The Hall–Kier alpha value is -1.64. The maximum atomic E-state index is 2.16. The molecule has 0 bridgehead atoms. The number of para-hydroxylation sites is 1. The lowest BCUT2D eigenvalue weighted by atomic mass is 10.3. The van der Waals surface area contributed by atoms with Gasteiger partial charge in [0.05, 0.1) is 14.1 Å². The molecular formula is C16H23N2+. The third-order valence-corrected chi connectivity index (χ3v) is 3.05. The molecular weight excluding hydrogens is 220 g/mol. The second-order valence-electron chi connectivity index (χ2n) is 4.73. The summed E-state index contributed by atoms with van der Waals surface area (Å²) in [6, 6.07) is 22.5. The molecule has 0 amide bonds. The lowest BCUT2D eigenvalue weighted by Gasteiger charge is -2.34. The molecule has 0 unspecified atom stereocenters. The molecule has 2 heteroatoms. The minimum atomic E-state index is 0.779. The van der Waals surface area contributed by atoms with Gasteiger partial charge in [-0.3, -0.25) is 0 Å². The van der Waals surface area contributed by atoms with Crippen LogP contribution in [-0.2, 0) is 0 Å². The lowest BCUT2D eigenvalue weighted by Crippen LogP contribution is -2.51. The van der Waals surface area contributed by atoms with E-state index in [9.17, 15) is 0 Å². The van der Waals surface area contributed by atoms with Crippen molar-refractivity contribution in [2.24, 2.45) is 0 Å². The van der Waals surface area contributed by atoms with Crippen molar-refractivity contribution in [3.05, 3.63) is 66.7 Å². The summed E-state index contributed by atoms with van der Waals surface area (Å²) in [5.74, 6) is 0. The van der Waals surface area contributed by atoms with Crippen LogP contribution < -0.4 is 4.59 Å². The Bertz CT molecular complexity index is 395. The van der Waals surface area contributed by atoms with Gasteiger partial charge in [-0.05, 0) is 0 Å². The standard InChI is InChI=1S/C10H17N2.C6H6/c1-11(2)12(3,4)10-8-6-5-7-9-10;1-2-4-6-5-3-1/h5-9H,1-4H3;1-6H/q+1;. The summed E-state index contributed by atoms with van der Waals surface area (Å²) in [5.41, 5.74) is 1.29. The first-order valence-corrected chi connectivity index (χ1v) is 6.12. The second kappa shape index (κ2) is 6.94. The van der Waals surface area contributed by atoms with Crippen LogP contribution in [0.4, 0.5) is 5.69 Å². The Kier molecular flexibility index (Phi) is 5.56. The molecule has 0 spiro atoms. The minimum absolute atomic E-state index is 0.779. The van der Waals surface area contributed by atoms with E-state index >= 15 is 0 Å². The van der Waals surface area contributed by atoms with Crippen LogP contribution in [0.15, 0.2) is 66.7 Å². The number of nitrogens with zero attached hydrogens (tertiary/aromatic N) is 2. The van der Waals surface area contributed by atoms with Crippen LogP contribution in [-0.4, -0.2) is 33.2 Å². The van der Waals surface area contributed by atoms with E-state index in [0.29, 0.717) is 0 Å². The number of quaternary nitrogens is 1. The zero-order valence-electron chi connectivity index (χ0n) is 11.7. The van der Waals surface area contributed by atoms with E-state index in [4.69, 9.17) is 0 Å². The van der Waals surface area contributed by atoms with Gasteiger partial charge in [-0.2, -0.15) is 5.01 Å². The highest BCUT2D eigenvalue weighted by Gasteiger charge is 2.20. The summed E-state index contributed by atoms with van der Waals surface area (Å²) in [4.78, 5) is 0. The lowest BCUT2D eigenvalue weighted by molar-refractivity contribution is 0.0942. The van der Waals surface area contributed by atoms with E-state index in [1.54, 1.807) is 0 Å². The maximum absolute atomic E-state index is 2.16. The Balaban J connectivity index is 0.000000225. The molecule has 0 saturated heterocycles. The normalized spacial score (nSPS) is 10.7. The first kappa shape index (κ1) is 14.4. The van der Waals surface area contributed by atoms with Crippen molar-refractivity contribution in [1.29, 1.82) is 0 Å². The molecule has 2 aromatic rings. The van der Waals surface area contributed by atoms with Crippen molar-refractivity contribution in [3.63, 3.8) is 0 Å². The zero-order chi connectivity index (χ0) is 13.4. The fraction of sp³-hybridized carbons (Fsp3) is 0.250. The second-order valence-corrected chi connectivity index (χ2v) is 4.73. The molecule has 2 aromatic carbocycles. The Labute approximate surface area is 111 Å². The monoisotopic (exact) mass is 243 g/mol. The van der Waals surface area contributed by atoms with Gasteiger partial charge in [-0.1, -0.05) is 54.6 Å². The maximum Gasteiger partial charge on any atom is 0.151 e. The van der Waals surface area contributed by atoms with Gasteiger partial charge in [-0.15, -0.1) is 0 Å². The summed E-state index contributed by atoms with van der Waals surface area (Å²) >= 11 is 0. The third-order valence-electron chi connectivity index (χ3n) is 3.05. The smallest absolute Gasteiger partial charge is 0.151 e. The quantitative estimate of drug-likeness (QED) is 0.577. The molecule has 0 N–H and O–H groups in total. The SMILES string of the molecule is CN(C)[N+](C)(C)c1ccccc1.c1ccccc1. The number of hydrogen-bond acceptors (Lipinski definition) is 1. The molecule has 0 radical (unpaired) electrons. The van der Waals surface area contributed by atoms with E-state index in [0.717, 1.165) is 4.59 Å². The Morgan fingerprint density at radius 3 is 1.33 bits per heavy atom. The molecule has 0 aliphatic rings. The highest BCUT2D eigenvalue weighted by molar-refractivity contribution is 5.39. The summed E-state index contributed by atoms with van der Waals surface area (Å²) < 4.78 is 0.779. The van der Waals surface area contributed by atoms with E-state index < -0.39 is 0 Å². The fourth-order valence-corrected chi connectivity index (χ4v) is 1.41. The van der Waals surface area contributed by atoms with Crippen molar-refractivity contribution < 1.29 is 0 Å². The van der Waals surface area contributed by atoms with Crippen LogP contribution in [0.1, 0.15) is 0 Å². The molecule has 0 aliphatic carbocycles. The molecule has 0 atom stereocenters. The van der Waals surface area contributed by atoms with Gasteiger partial charge in [-0.25, -0.2) is 4.59 Å². The Morgan fingerprint density at radius 2 is 1.00 bits per heavy atom. The molecule has 0 saturated carbocycles. The molecule has 0 heterocycles. The van der Waals surface area contributed by atoms with Crippen LogP contribution >= 0.6 is 0 Å². The number of rotatable bonds is 2. The summed E-state index contributed by atoms with van der Waals surface area (Å²) in [6.45, 7) is 0. The van der Waals surface area contributed by atoms with Crippen LogP contribution in [0.5, 0.6) is 0 Å². The zero-order valence-corrected chi connectivity index (χ0v) is 11.7. The summed E-state index contributed by atoms with van der Waals surface area (Å²) in [5, 5.41) is 2.16. The molecule has 2 rings (SSSR count). The van der Waals surface area contributed by atoms with Crippen LogP contribution in [0.3, 0.4) is 0 Å². The summed E-state index contributed by atoms with van der Waals surface area (Å²) in [7, 11) is 8.48. The predicted octanol–water partition coefficient (Wildman–Crippen LogP) is 3.42. The van der Waals surface area contributed by atoms with Gasteiger partial charge in [0.15, 0.2) is 5.69 Å². The van der Waals surface area contributed by atoms with Crippen molar-refractivity contribution in [2.75, 3.05) is 28.2 Å². The van der Waals surface area contributed by atoms with E-state index in [2.05, 4.69) is 57.5 Å². The van der Waals surface area contributed by atoms with E-state index in [-0.39, 0.29) is 0 Å².